The monoisotopic (exact) mass is 212 g/mol. The van der Waals surface area contributed by atoms with E-state index in [2.05, 4.69) is 4.98 Å². The van der Waals surface area contributed by atoms with E-state index in [1.54, 1.807) is 6.07 Å². The zero-order valence-electron chi connectivity index (χ0n) is 7.51. The molecule has 15 heavy (non-hydrogen) atoms. The Morgan fingerprint density at radius 1 is 1.13 bits per heavy atom. The van der Waals surface area contributed by atoms with Gasteiger partial charge in [0.2, 0.25) is 5.56 Å². The summed E-state index contributed by atoms with van der Waals surface area (Å²) < 4.78 is 37.8. The van der Waals surface area contributed by atoms with Crippen LogP contribution in [-0.4, -0.2) is 12.0 Å². The highest BCUT2D eigenvalue weighted by atomic mass is 19.4. The lowest BCUT2D eigenvalue weighted by atomic mass is 9.78. The van der Waals surface area contributed by atoms with Crippen LogP contribution in [0.2, 0.25) is 0 Å². The Morgan fingerprint density at radius 3 is 2.47 bits per heavy atom. The first-order valence-corrected chi connectivity index (χ1v) is 4.30. The van der Waals surface area contributed by atoms with Crippen LogP contribution in [0.15, 0.2) is 35.1 Å². The molecule has 1 aromatic carbocycles. The van der Waals surface area contributed by atoms with Gasteiger partial charge in [0, 0.05) is 5.52 Å². The molecule has 0 bridgehead atoms. The van der Waals surface area contributed by atoms with Crippen LogP contribution in [-0.2, 0) is 0 Å². The number of aromatic amines is 1. The molecule has 0 unspecified atom stereocenters. The highest BCUT2D eigenvalue weighted by Gasteiger charge is 2.27. The molecule has 0 fully saturated rings. The summed E-state index contributed by atoms with van der Waals surface area (Å²) in [6.45, 7) is -5.16. The van der Waals surface area contributed by atoms with Gasteiger partial charge in [-0.25, -0.2) is 0 Å². The standard InChI is InChI=1S/C9H6BF3NO/c11-10(12,13)7-5-9(15)14-8-4-2-1-3-6(7)8/h1-5H,(H,14,15)/q-1. The molecule has 2 rings (SSSR count). The van der Waals surface area contributed by atoms with Crippen LogP contribution in [0.1, 0.15) is 0 Å². The fourth-order valence-corrected chi connectivity index (χ4v) is 1.50. The van der Waals surface area contributed by atoms with Crippen molar-refractivity contribution >= 4 is 23.3 Å². The molecule has 0 aliphatic heterocycles. The van der Waals surface area contributed by atoms with E-state index in [-0.39, 0.29) is 10.9 Å². The number of para-hydroxylation sites is 1. The molecular formula is C9H6BF3NO-. The quantitative estimate of drug-likeness (QED) is 0.715. The maximum absolute atomic E-state index is 12.6. The number of hydrogen-bond acceptors (Lipinski definition) is 1. The number of H-pyrrole nitrogens is 1. The summed E-state index contributed by atoms with van der Waals surface area (Å²) in [6.07, 6.45) is 0. The molecule has 0 saturated carbocycles. The SMILES string of the molecule is O=c1cc([B-](F)(F)F)c2ccccc2[nH]1. The van der Waals surface area contributed by atoms with Gasteiger partial charge in [-0.3, -0.25) is 4.79 Å². The summed E-state index contributed by atoms with van der Waals surface area (Å²) in [6, 6.07) is 6.47. The van der Waals surface area contributed by atoms with Gasteiger partial charge in [0.05, 0.1) is 0 Å². The zero-order valence-corrected chi connectivity index (χ0v) is 7.51. The highest BCUT2D eigenvalue weighted by molar-refractivity contribution is 6.75. The molecule has 0 aliphatic rings. The van der Waals surface area contributed by atoms with E-state index in [9.17, 15) is 17.7 Å². The molecular weight excluding hydrogens is 206 g/mol. The van der Waals surface area contributed by atoms with Crippen LogP contribution in [0.25, 0.3) is 10.9 Å². The van der Waals surface area contributed by atoms with Crippen molar-refractivity contribution in [1.82, 2.24) is 4.98 Å². The largest absolute Gasteiger partial charge is 0.510 e. The van der Waals surface area contributed by atoms with Crippen LogP contribution in [0.4, 0.5) is 12.9 Å². The Kier molecular flexibility index (Phi) is 2.06. The van der Waals surface area contributed by atoms with Crippen molar-refractivity contribution in [3.63, 3.8) is 0 Å². The minimum absolute atomic E-state index is 0.0320. The van der Waals surface area contributed by atoms with Gasteiger partial charge in [-0.05, 0) is 17.5 Å². The molecule has 0 radical (unpaired) electrons. The van der Waals surface area contributed by atoms with Gasteiger partial charge in [0.25, 0.3) is 0 Å². The molecule has 0 saturated heterocycles. The van der Waals surface area contributed by atoms with Crippen LogP contribution in [0, 0.1) is 0 Å². The average Bonchev–Trinajstić information content (AvgIpc) is 2.15. The summed E-state index contributed by atoms with van der Waals surface area (Å²) in [4.78, 5) is 13.4. The molecule has 0 aliphatic carbocycles. The number of halogens is 3. The molecule has 78 valence electrons. The van der Waals surface area contributed by atoms with Gasteiger partial charge in [0.15, 0.2) is 0 Å². The van der Waals surface area contributed by atoms with Crippen LogP contribution >= 0.6 is 0 Å². The number of fused-ring (bicyclic) bond motifs is 1. The second-order valence-electron chi connectivity index (χ2n) is 3.21. The van der Waals surface area contributed by atoms with Crippen molar-refractivity contribution in [2.24, 2.45) is 0 Å². The van der Waals surface area contributed by atoms with E-state index < -0.39 is 18.0 Å². The molecule has 6 heteroatoms. The number of pyridine rings is 1. The van der Waals surface area contributed by atoms with Crippen molar-refractivity contribution in [2.75, 3.05) is 0 Å². The van der Waals surface area contributed by atoms with Crippen molar-refractivity contribution in [3.8, 4) is 0 Å². The van der Waals surface area contributed by atoms with E-state index >= 15 is 0 Å². The van der Waals surface area contributed by atoms with E-state index in [4.69, 9.17) is 0 Å². The second kappa shape index (κ2) is 3.15. The first-order valence-electron chi connectivity index (χ1n) is 4.30. The van der Waals surface area contributed by atoms with Gasteiger partial charge in [0.1, 0.15) is 0 Å². The van der Waals surface area contributed by atoms with E-state index in [0.717, 1.165) is 0 Å². The fraction of sp³-hybridized carbons (Fsp3) is 0. The number of rotatable bonds is 1. The predicted octanol–water partition coefficient (Wildman–Crippen LogP) is 1.58. The normalized spacial score (nSPS) is 11.9. The summed E-state index contributed by atoms with van der Waals surface area (Å²) in [5.74, 6) is 0. The lowest BCUT2D eigenvalue weighted by Crippen LogP contribution is -2.37. The zero-order chi connectivity index (χ0) is 11.1. The molecule has 0 spiro atoms. The number of benzene rings is 1. The molecule has 1 heterocycles. The molecule has 1 aromatic heterocycles. The number of hydrogen-bond donors (Lipinski definition) is 1. The first-order chi connectivity index (χ1) is 6.98. The number of nitrogens with one attached hydrogen (secondary N) is 1. The first kappa shape index (κ1) is 9.83. The average molecular weight is 212 g/mol. The Balaban J connectivity index is 2.89. The third-order valence-electron chi connectivity index (χ3n) is 2.14. The minimum Gasteiger partial charge on any atom is -0.445 e. The third-order valence-corrected chi connectivity index (χ3v) is 2.14. The lowest BCUT2D eigenvalue weighted by Gasteiger charge is -2.16. The summed E-state index contributed by atoms with van der Waals surface area (Å²) in [7, 11) is 0. The minimum atomic E-state index is -5.16. The molecule has 1 N–H and O–H groups in total. The van der Waals surface area contributed by atoms with Crippen molar-refractivity contribution in [1.29, 1.82) is 0 Å². The van der Waals surface area contributed by atoms with Crippen LogP contribution in [0.5, 0.6) is 0 Å². The van der Waals surface area contributed by atoms with E-state index in [0.29, 0.717) is 6.07 Å². The third kappa shape index (κ3) is 1.75. The molecule has 2 nitrogen and oxygen atoms in total. The van der Waals surface area contributed by atoms with Gasteiger partial charge in [-0.15, -0.1) is 0 Å². The Labute approximate surface area is 82.8 Å². The summed E-state index contributed by atoms with van der Waals surface area (Å²) in [5.41, 5.74) is -1.36. The molecule has 0 amide bonds. The molecule has 2 aromatic rings. The van der Waals surface area contributed by atoms with Crippen molar-refractivity contribution in [2.45, 2.75) is 0 Å². The Hall–Kier alpha value is -1.72. The van der Waals surface area contributed by atoms with Gasteiger partial charge >= 0.3 is 6.98 Å². The predicted molar refractivity (Wildman–Crippen MR) is 53.3 cm³/mol. The van der Waals surface area contributed by atoms with Crippen LogP contribution in [0.3, 0.4) is 0 Å². The van der Waals surface area contributed by atoms with Crippen molar-refractivity contribution < 1.29 is 12.9 Å². The van der Waals surface area contributed by atoms with Gasteiger partial charge in [-0.1, -0.05) is 23.7 Å². The van der Waals surface area contributed by atoms with Crippen LogP contribution < -0.4 is 11.0 Å². The topological polar surface area (TPSA) is 32.9 Å². The summed E-state index contributed by atoms with van der Waals surface area (Å²) >= 11 is 0. The maximum Gasteiger partial charge on any atom is 0.510 e. The number of aromatic nitrogens is 1. The van der Waals surface area contributed by atoms with Gasteiger partial charge in [-0.2, -0.15) is 0 Å². The van der Waals surface area contributed by atoms with Crippen molar-refractivity contribution in [3.05, 3.63) is 40.7 Å². The lowest BCUT2D eigenvalue weighted by molar-refractivity contribution is 0.501. The smallest absolute Gasteiger partial charge is 0.445 e. The van der Waals surface area contributed by atoms with E-state index in [1.807, 2.05) is 0 Å². The van der Waals surface area contributed by atoms with Gasteiger partial charge < -0.3 is 17.9 Å². The maximum atomic E-state index is 12.6. The molecule has 0 atom stereocenters. The highest BCUT2D eigenvalue weighted by Crippen LogP contribution is 2.14. The Morgan fingerprint density at radius 2 is 1.80 bits per heavy atom. The van der Waals surface area contributed by atoms with E-state index in [1.165, 1.54) is 18.2 Å². The Bertz CT molecular complexity index is 561. The fourth-order valence-electron chi connectivity index (χ4n) is 1.50. The second-order valence-corrected chi connectivity index (χ2v) is 3.21. The summed E-state index contributed by atoms with van der Waals surface area (Å²) in [5, 5.41) is 0.0320.